The standard InChI is InChI=1S/C15H17F3N2O3/c16-15(17,18)8-20-4-3-10(7-20)6-19-14(21)11-1-2-12-13(5-11)23-9-22-12/h1-2,5,10H,3-4,6-9H2,(H,19,21). The fourth-order valence-electron chi connectivity index (χ4n) is 2.85. The molecule has 0 aromatic heterocycles. The summed E-state index contributed by atoms with van der Waals surface area (Å²) < 4.78 is 47.4. The van der Waals surface area contributed by atoms with E-state index in [9.17, 15) is 18.0 Å². The molecule has 1 atom stereocenters. The maximum Gasteiger partial charge on any atom is 0.401 e. The lowest BCUT2D eigenvalue weighted by atomic mass is 10.1. The van der Waals surface area contributed by atoms with E-state index in [4.69, 9.17) is 9.47 Å². The second-order valence-corrected chi connectivity index (χ2v) is 5.78. The number of carbonyl (C=O) groups excluding carboxylic acids is 1. The van der Waals surface area contributed by atoms with Crippen molar-refractivity contribution >= 4 is 5.91 Å². The Balaban J connectivity index is 1.48. The number of carbonyl (C=O) groups is 1. The number of hydrogen-bond donors (Lipinski definition) is 1. The Kier molecular flexibility index (Phi) is 4.34. The van der Waals surface area contributed by atoms with Crippen molar-refractivity contribution in [2.24, 2.45) is 5.92 Å². The van der Waals surface area contributed by atoms with Crippen molar-refractivity contribution < 1.29 is 27.4 Å². The quantitative estimate of drug-likeness (QED) is 0.918. The van der Waals surface area contributed by atoms with Crippen LogP contribution in [0.4, 0.5) is 13.2 Å². The Bertz CT molecular complexity index is 592. The first kappa shape index (κ1) is 15.9. The highest BCUT2D eigenvalue weighted by Gasteiger charge is 2.34. The van der Waals surface area contributed by atoms with E-state index >= 15 is 0 Å². The molecule has 8 heteroatoms. The lowest BCUT2D eigenvalue weighted by Gasteiger charge is -2.18. The normalized spacial score (nSPS) is 20.7. The first-order valence-corrected chi connectivity index (χ1v) is 7.38. The first-order valence-electron chi connectivity index (χ1n) is 7.38. The molecule has 1 amide bonds. The van der Waals surface area contributed by atoms with Gasteiger partial charge in [0.25, 0.3) is 5.91 Å². The van der Waals surface area contributed by atoms with Crippen LogP contribution in [0.15, 0.2) is 18.2 Å². The summed E-state index contributed by atoms with van der Waals surface area (Å²) in [5.74, 6) is 0.892. The van der Waals surface area contributed by atoms with Crippen LogP contribution in [0.2, 0.25) is 0 Å². The number of benzene rings is 1. The van der Waals surface area contributed by atoms with E-state index in [1.165, 1.54) is 4.90 Å². The van der Waals surface area contributed by atoms with E-state index in [-0.39, 0.29) is 18.6 Å². The molecule has 2 aliphatic rings. The molecular weight excluding hydrogens is 313 g/mol. The van der Waals surface area contributed by atoms with E-state index in [0.29, 0.717) is 43.1 Å². The number of ether oxygens (including phenoxy) is 2. The molecule has 0 aliphatic carbocycles. The van der Waals surface area contributed by atoms with Crippen molar-refractivity contribution in [1.82, 2.24) is 10.2 Å². The molecule has 2 heterocycles. The lowest BCUT2D eigenvalue weighted by molar-refractivity contribution is -0.143. The number of alkyl halides is 3. The van der Waals surface area contributed by atoms with E-state index in [2.05, 4.69) is 5.32 Å². The molecule has 1 unspecified atom stereocenters. The molecule has 2 aliphatic heterocycles. The van der Waals surface area contributed by atoms with E-state index in [1.54, 1.807) is 18.2 Å². The van der Waals surface area contributed by atoms with Gasteiger partial charge >= 0.3 is 6.18 Å². The average molecular weight is 330 g/mol. The highest BCUT2D eigenvalue weighted by atomic mass is 19.4. The number of fused-ring (bicyclic) bond motifs is 1. The summed E-state index contributed by atoms with van der Waals surface area (Å²) >= 11 is 0. The third-order valence-corrected chi connectivity index (χ3v) is 3.96. The van der Waals surface area contributed by atoms with Crippen LogP contribution in [0.1, 0.15) is 16.8 Å². The summed E-state index contributed by atoms with van der Waals surface area (Å²) in [5, 5.41) is 2.77. The Labute approximate surface area is 131 Å². The molecule has 0 spiro atoms. The van der Waals surface area contributed by atoms with Gasteiger partial charge in [0.2, 0.25) is 6.79 Å². The van der Waals surface area contributed by atoms with Gasteiger partial charge in [-0.1, -0.05) is 0 Å². The van der Waals surface area contributed by atoms with Gasteiger partial charge in [0.15, 0.2) is 11.5 Å². The molecule has 1 aromatic rings. The maximum absolute atomic E-state index is 12.3. The molecule has 5 nitrogen and oxygen atoms in total. The summed E-state index contributed by atoms with van der Waals surface area (Å²) in [6, 6.07) is 4.90. The van der Waals surface area contributed by atoms with Crippen molar-refractivity contribution in [3.8, 4) is 11.5 Å². The van der Waals surface area contributed by atoms with E-state index < -0.39 is 12.7 Å². The van der Waals surface area contributed by atoms with Crippen molar-refractivity contribution in [3.05, 3.63) is 23.8 Å². The van der Waals surface area contributed by atoms with Gasteiger partial charge in [-0.3, -0.25) is 9.69 Å². The molecule has 0 bridgehead atoms. The van der Waals surface area contributed by atoms with Crippen LogP contribution in [0, 0.1) is 5.92 Å². The number of halogens is 3. The molecule has 1 N–H and O–H groups in total. The van der Waals surface area contributed by atoms with E-state index in [0.717, 1.165) is 0 Å². The fraction of sp³-hybridized carbons (Fsp3) is 0.533. The highest BCUT2D eigenvalue weighted by molar-refractivity contribution is 5.94. The molecule has 1 fully saturated rings. The van der Waals surface area contributed by atoms with Crippen molar-refractivity contribution in [1.29, 1.82) is 0 Å². The minimum atomic E-state index is -4.18. The lowest BCUT2D eigenvalue weighted by Crippen LogP contribution is -2.34. The summed E-state index contributed by atoms with van der Waals surface area (Å²) in [4.78, 5) is 13.5. The first-order chi connectivity index (χ1) is 10.9. The number of nitrogens with zero attached hydrogens (tertiary/aromatic N) is 1. The van der Waals surface area contributed by atoms with Crippen molar-refractivity contribution in [3.63, 3.8) is 0 Å². The summed E-state index contributed by atoms with van der Waals surface area (Å²) in [6.07, 6.45) is -3.53. The van der Waals surface area contributed by atoms with Crippen LogP contribution in [0.3, 0.4) is 0 Å². The second-order valence-electron chi connectivity index (χ2n) is 5.78. The summed E-state index contributed by atoms with van der Waals surface area (Å²) in [6.45, 7) is 0.365. The van der Waals surface area contributed by atoms with Gasteiger partial charge in [-0.15, -0.1) is 0 Å². The Morgan fingerprint density at radius 2 is 2.09 bits per heavy atom. The molecule has 126 valence electrons. The number of likely N-dealkylation sites (tertiary alicyclic amines) is 1. The van der Waals surface area contributed by atoms with Crippen LogP contribution in [-0.2, 0) is 0 Å². The minimum Gasteiger partial charge on any atom is -0.454 e. The summed E-state index contributed by atoms with van der Waals surface area (Å²) in [7, 11) is 0. The fourth-order valence-corrected chi connectivity index (χ4v) is 2.85. The van der Waals surface area contributed by atoms with Gasteiger partial charge in [-0.05, 0) is 37.1 Å². The molecule has 3 rings (SSSR count). The zero-order valence-electron chi connectivity index (χ0n) is 12.4. The predicted octanol–water partition coefficient (Wildman–Crippen LogP) is 2.03. The number of rotatable bonds is 4. The summed E-state index contributed by atoms with van der Waals surface area (Å²) in [5.41, 5.74) is 0.444. The third-order valence-electron chi connectivity index (χ3n) is 3.96. The molecule has 1 saturated heterocycles. The predicted molar refractivity (Wildman–Crippen MR) is 75.5 cm³/mol. The van der Waals surface area contributed by atoms with Crippen LogP contribution >= 0.6 is 0 Å². The minimum absolute atomic E-state index is 0.0373. The van der Waals surface area contributed by atoms with Crippen LogP contribution in [0.25, 0.3) is 0 Å². The van der Waals surface area contributed by atoms with Gasteiger partial charge in [0.1, 0.15) is 0 Å². The molecular formula is C15H17F3N2O3. The SMILES string of the molecule is O=C(NCC1CCN(CC(F)(F)F)C1)c1ccc2c(c1)OCO2. The Morgan fingerprint density at radius 1 is 1.30 bits per heavy atom. The van der Waals surface area contributed by atoms with Crippen LogP contribution in [-0.4, -0.2) is 50.0 Å². The van der Waals surface area contributed by atoms with Gasteiger partial charge in [0, 0.05) is 18.7 Å². The second kappa shape index (κ2) is 6.27. The van der Waals surface area contributed by atoms with Crippen LogP contribution in [0.5, 0.6) is 11.5 Å². The van der Waals surface area contributed by atoms with E-state index in [1.807, 2.05) is 0 Å². The Morgan fingerprint density at radius 3 is 2.87 bits per heavy atom. The molecule has 23 heavy (non-hydrogen) atoms. The van der Waals surface area contributed by atoms with Gasteiger partial charge in [-0.25, -0.2) is 0 Å². The zero-order chi connectivity index (χ0) is 16.4. The third kappa shape index (κ3) is 4.07. The molecule has 0 saturated carbocycles. The molecule has 1 aromatic carbocycles. The van der Waals surface area contributed by atoms with Crippen LogP contribution < -0.4 is 14.8 Å². The number of hydrogen-bond acceptors (Lipinski definition) is 4. The maximum atomic E-state index is 12.3. The smallest absolute Gasteiger partial charge is 0.401 e. The monoisotopic (exact) mass is 330 g/mol. The number of nitrogens with one attached hydrogen (secondary N) is 1. The number of amides is 1. The Hall–Kier alpha value is -1.96. The molecule has 0 radical (unpaired) electrons. The zero-order valence-corrected chi connectivity index (χ0v) is 12.4. The average Bonchev–Trinajstić information content (AvgIpc) is 3.11. The van der Waals surface area contributed by atoms with Crippen molar-refractivity contribution in [2.75, 3.05) is 33.0 Å². The van der Waals surface area contributed by atoms with Gasteiger partial charge in [0.05, 0.1) is 6.54 Å². The highest BCUT2D eigenvalue weighted by Crippen LogP contribution is 2.32. The van der Waals surface area contributed by atoms with Crippen molar-refractivity contribution in [2.45, 2.75) is 12.6 Å². The topological polar surface area (TPSA) is 50.8 Å². The van der Waals surface area contributed by atoms with Gasteiger partial charge < -0.3 is 14.8 Å². The largest absolute Gasteiger partial charge is 0.454 e. The van der Waals surface area contributed by atoms with Gasteiger partial charge in [-0.2, -0.15) is 13.2 Å².